The molecule has 0 aliphatic heterocycles. The Bertz CT molecular complexity index is 191. The Hall–Kier alpha value is -1.01. The molecule has 12 heavy (non-hydrogen) atoms. The van der Waals surface area contributed by atoms with Gasteiger partial charge in [-0.2, -0.15) is 0 Å². The fourth-order valence-corrected chi connectivity index (χ4v) is 0.915. The van der Waals surface area contributed by atoms with Gasteiger partial charge in [0.1, 0.15) is 0 Å². The highest BCUT2D eigenvalue weighted by Gasteiger charge is 2.19. The number of carbonyl (C=O) groups is 1. The molecule has 3 heteroatoms. The number of hydrogen-bond donors (Lipinski definition) is 2. The first kappa shape index (κ1) is 9.08. The second-order valence-corrected chi connectivity index (χ2v) is 2.96. The molecule has 0 heterocycles. The van der Waals surface area contributed by atoms with Crippen LogP contribution in [0.4, 0.5) is 0 Å². The zero-order valence-electron chi connectivity index (χ0n) is 7.10. The number of rotatable bonds is 5. The van der Waals surface area contributed by atoms with Crippen LogP contribution in [-0.2, 0) is 4.79 Å². The van der Waals surface area contributed by atoms with Crippen molar-refractivity contribution in [3.63, 3.8) is 0 Å². The molecule has 1 fully saturated rings. The zero-order valence-corrected chi connectivity index (χ0v) is 7.10. The zero-order chi connectivity index (χ0) is 8.81. The Labute approximate surface area is 72.9 Å². The lowest BCUT2D eigenvalue weighted by molar-refractivity contribution is -0.120. The van der Waals surface area contributed by atoms with Crippen LogP contribution in [0.5, 0.6) is 0 Å². The first-order chi connectivity index (χ1) is 5.83. The van der Waals surface area contributed by atoms with Gasteiger partial charge in [0.05, 0.1) is 6.54 Å². The minimum Gasteiger partial charge on any atom is -0.345 e. The van der Waals surface area contributed by atoms with Gasteiger partial charge >= 0.3 is 0 Å². The van der Waals surface area contributed by atoms with Crippen LogP contribution >= 0.6 is 0 Å². The summed E-state index contributed by atoms with van der Waals surface area (Å²) in [4.78, 5) is 11.0. The van der Waals surface area contributed by atoms with E-state index in [1.807, 2.05) is 0 Å². The summed E-state index contributed by atoms with van der Waals surface area (Å²) in [5.74, 6) is 2.39. The second kappa shape index (κ2) is 4.78. The summed E-state index contributed by atoms with van der Waals surface area (Å²) in [5, 5.41) is 5.86. The van der Waals surface area contributed by atoms with Crippen LogP contribution in [-0.4, -0.2) is 25.0 Å². The first-order valence-corrected chi connectivity index (χ1v) is 4.26. The van der Waals surface area contributed by atoms with Crippen molar-refractivity contribution in [3.8, 4) is 12.3 Å². The highest BCUT2D eigenvalue weighted by molar-refractivity contribution is 5.76. The van der Waals surface area contributed by atoms with Gasteiger partial charge in [-0.3, -0.25) is 4.79 Å². The minimum absolute atomic E-state index is 0.0288. The monoisotopic (exact) mass is 166 g/mol. The van der Waals surface area contributed by atoms with Gasteiger partial charge in [0.25, 0.3) is 0 Å². The van der Waals surface area contributed by atoms with E-state index in [0.29, 0.717) is 19.0 Å². The van der Waals surface area contributed by atoms with E-state index in [1.54, 1.807) is 0 Å². The molecule has 0 radical (unpaired) electrons. The maximum Gasteiger partial charge on any atom is 0.222 e. The lowest BCUT2D eigenvalue weighted by Gasteiger charge is -2.01. The topological polar surface area (TPSA) is 41.1 Å². The molecule has 0 atom stereocenters. The van der Waals surface area contributed by atoms with Crippen LogP contribution in [0.2, 0.25) is 0 Å². The van der Waals surface area contributed by atoms with E-state index in [-0.39, 0.29) is 5.91 Å². The SMILES string of the molecule is C#CCNC(=O)CCNC1CC1. The van der Waals surface area contributed by atoms with E-state index in [9.17, 15) is 4.79 Å². The van der Waals surface area contributed by atoms with Gasteiger partial charge in [0.15, 0.2) is 0 Å². The van der Waals surface area contributed by atoms with Crippen LogP contribution in [0.15, 0.2) is 0 Å². The summed E-state index contributed by atoms with van der Waals surface area (Å²) in [6.45, 7) is 1.10. The fourth-order valence-electron chi connectivity index (χ4n) is 0.915. The number of hydrogen-bond acceptors (Lipinski definition) is 2. The van der Waals surface area contributed by atoms with E-state index in [1.165, 1.54) is 12.8 Å². The summed E-state index contributed by atoms with van der Waals surface area (Å²) in [6.07, 6.45) is 8.02. The Morgan fingerprint density at radius 3 is 2.92 bits per heavy atom. The standard InChI is InChI=1S/C9H14N2O/c1-2-6-11-9(12)5-7-10-8-3-4-8/h1,8,10H,3-7H2,(H,11,12). The van der Waals surface area contributed by atoms with E-state index in [4.69, 9.17) is 6.42 Å². The van der Waals surface area contributed by atoms with Crippen LogP contribution < -0.4 is 10.6 Å². The molecule has 0 saturated heterocycles. The third-order valence-corrected chi connectivity index (χ3v) is 1.75. The predicted octanol–water partition coefficient (Wildman–Crippen LogP) is -0.122. The third-order valence-electron chi connectivity index (χ3n) is 1.75. The van der Waals surface area contributed by atoms with Gasteiger partial charge in [0, 0.05) is 19.0 Å². The quantitative estimate of drug-likeness (QED) is 0.559. The van der Waals surface area contributed by atoms with Crippen molar-refractivity contribution < 1.29 is 4.79 Å². The lowest BCUT2D eigenvalue weighted by atomic mass is 10.4. The average Bonchev–Trinajstić information content (AvgIpc) is 2.84. The molecular weight excluding hydrogens is 152 g/mol. The van der Waals surface area contributed by atoms with Gasteiger partial charge in [-0.1, -0.05) is 5.92 Å². The molecule has 3 nitrogen and oxygen atoms in total. The number of amides is 1. The molecule has 0 aromatic heterocycles. The van der Waals surface area contributed by atoms with Crippen LogP contribution in [0.1, 0.15) is 19.3 Å². The van der Waals surface area contributed by atoms with Crippen molar-refractivity contribution in [1.82, 2.24) is 10.6 Å². The molecule has 0 aromatic rings. The third kappa shape index (κ3) is 3.99. The highest BCUT2D eigenvalue weighted by Crippen LogP contribution is 2.18. The molecule has 1 rings (SSSR count). The van der Waals surface area contributed by atoms with E-state index in [0.717, 1.165) is 6.54 Å². The van der Waals surface area contributed by atoms with Crippen LogP contribution in [0.3, 0.4) is 0 Å². The van der Waals surface area contributed by atoms with Gasteiger partial charge in [-0.15, -0.1) is 6.42 Å². The predicted molar refractivity (Wildman–Crippen MR) is 47.5 cm³/mol. The molecular formula is C9H14N2O. The summed E-state index contributed by atoms with van der Waals surface area (Å²) < 4.78 is 0. The lowest BCUT2D eigenvalue weighted by Crippen LogP contribution is -2.28. The fraction of sp³-hybridized carbons (Fsp3) is 0.667. The summed E-state index contributed by atoms with van der Waals surface area (Å²) in [5.41, 5.74) is 0. The van der Waals surface area contributed by atoms with E-state index in [2.05, 4.69) is 16.6 Å². The smallest absolute Gasteiger partial charge is 0.222 e. The summed E-state index contributed by atoms with van der Waals surface area (Å²) in [7, 11) is 0. The molecule has 66 valence electrons. The molecule has 0 unspecified atom stereocenters. The number of terminal acetylenes is 1. The number of nitrogens with one attached hydrogen (secondary N) is 2. The summed E-state index contributed by atoms with van der Waals surface area (Å²) >= 11 is 0. The second-order valence-electron chi connectivity index (χ2n) is 2.96. The van der Waals surface area contributed by atoms with Crippen molar-refractivity contribution in [2.45, 2.75) is 25.3 Å². The Morgan fingerprint density at radius 1 is 1.58 bits per heavy atom. The normalized spacial score (nSPS) is 15.2. The van der Waals surface area contributed by atoms with Crippen molar-refractivity contribution in [2.75, 3.05) is 13.1 Å². The molecule has 0 bridgehead atoms. The maximum atomic E-state index is 11.0. The first-order valence-electron chi connectivity index (χ1n) is 4.26. The molecule has 1 amide bonds. The van der Waals surface area contributed by atoms with Crippen LogP contribution in [0, 0.1) is 12.3 Å². The Morgan fingerprint density at radius 2 is 2.33 bits per heavy atom. The van der Waals surface area contributed by atoms with Crippen molar-refractivity contribution in [1.29, 1.82) is 0 Å². The molecule has 1 aliphatic carbocycles. The maximum absolute atomic E-state index is 11.0. The van der Waals surface area contributed by atoms with Gasteiger partial charge in [0.2, 0.25) is 5.91 Å². The molecule has 1 aliphatic rings. The highest BCUT2D eigenvalue weighted by atomic mass is 16.1. The van der Waals surface area contributed by atoms with Crippen molar-refractivity contribution in [3.05, 3.63) is 0 Å². The van der Waals surface area contributed by atoms with E-state index >= 15 is 0 Å². The van der Waals surface area contributed by atoms with Gasteiger partial charge < -0.3 is 10.6 Å². The Balaban J connectivity index is 1.90. The van der Waals surface area contributed by atoms with Crippen LogP contribution in [0.25, 0.3) is 0 Å². The Kier molecular flexibility index (Phi) is 3.62. The van der Waals surface area contributed by atoms with Crippen molar-refractivity contribution >= 4 is 5.91 Å². The minimum atomic E-state index is 0.0288. The van der Waals surface area contributed by atoms with E-state index < -0.39 is 0 Å². The number of carbonyl (C=O) groups excluding carboxylic acids is 1. The van der Waals surface area contributed by atoms with Crippen molar-refractivity contribution in [2.24, 2.45) is 0 Å². The molecule has 2 N–H and O–H groups in total. The van der Waals surface area contributed by atoms with Gasteiger partial charge in [-0.05, 0) is 12.8 Å². The van der Waals surface area contributed by atoms with Gasteiger partial charge in [-0.25, -0.2) is 0 Å². The largest absolute Gasteiger partial charge is 0.345 e. The summed E-state index contributed by atoms with van der Waals surface area (Å²) in [6, 6.07) is 0.672. The molecule has 0 spiro atoms. The molecule has 1 saturated carbocycles. The molecule has 0 aromatic carbocycles. The average molecular weight is 166 g/mol.